The molecule has 2 aliphatic rings. The van der Waals surface area contributed by atoms with Gasteiger partial charge in [0.25, 0.3) is 5.56 Å². The maximum atomic E-state index is 11.6. The minimum Gasteiger partial charge on any atom is -0.353 e. The maximum absolute atomic E-state index is 11.6. The molecule has 1 aromatic rings. The predicted octanol–water partition coefficient (Wildman–Crippen LogP) is 1.39. The fourth-order valence-corrected chi connectivity index (χ4v) is 2.86. The van der Waals surface area contributed by atoms with Gasteiger partial charge in [-0.2, -0.15) is 0 Å². The standard InChI is InChI=1S/C13H19ClN4O/c14-11-12(16-8-17-13(11)19)18(6-9-3-4-9)7-10-2-1-5-15-10/h8-10,15H,1-7H2,(H,16,17,19). The fourth-order valence-electron chi connectivity index (χ4n) is 2.63. The van der Waals surface area contributed by atoms with Gasteiger partial charge >= 0.3 is 0 Å². The van der Waals surface area contributed by atoms with Gasteiger partial charge in [-0.3, -0.25) is 4.79 Å². The number of aromatic nitrogens is 2. The van der Waals surface area contributed by atoms with E-state index < -0.39 is 0 Å². The Bertz CT molecular complexity index is 494. The van der Waals surface area contributed by atoms with Crippen molar-refractivity contribution in [1.29, 1.82) is 0 Å². The molecule has 104 valence electrons. The van der Waals surface area contributed by atoms with Crippen LogP contribution in [-0.2, 0) is 0 Å². The zero-order valence-electron chi connectivity index (χ0n) is 10.9. The van der Waals surface area contributed by atoms with Crippen LogP contribution in [0.4, 0.5) is 5.82 Å². The number of hydrogen-bond acceptors (Lipinski definition) is 4. The van der Waals surface area contributed by atoms with Crippen molar-refractivity contribution in [1.82, 2.24) is 15.3 Å². The van der Waals surface area contributed by atoms with Gasteiger partial charge < -0.3 is 15.2 Å². The molecular weight excluding hydrogens is 264 g/mol. The first-order valence-corrected chi connectivity index (χ1v) is 7.33. The third kappa shape index (κ3) is 3.09. The summed E-state index contributed by atoms with van der Waals surface area (Å²) in [6.07, 6.45) is 6.39. The van der Waals surface area contributed by atoms with Crippen molar-refractivity contribution in [3.8, 4) is 0 Å². The molecule has 2 heterocycles. The molecule has 6 heteroatoms. The average Bonchev–Trinajstić information content (AvgIpc) is 3.06. The Hall–Kier alpha value is -1.07. The number of aromatic amines is 1. The summed E-state index contributed by atoms with van der Waals surface area (Å²) in [5, 5.41) is 3.70. The zero-order chi connectivity index (χ0) is 13.2. The van der Waals surface area contributed by atoms with Gasteiger partial charge in [0.2, 0.25) is 0 Å². The molecule has 1 saturated carbocycles. The molecule has 0 aromatic carbocycles. The molecule has 0 radical (unpaired) electrons. The Morgan fingerprint density at radius 3 is 2.89 bits per heavy atom. The van der Waals surface area contributed by atoms with Gasteiger partial charge in [0.1, 0.15) is 5.02 Å². The molecule has 1 saturated heterocycles. The second-order valence-electron chi connectivity index (χ2n) is 5.51. The molecule has 0 spiro atoms. The van der Waals surface area contributed by atoms with Crippen molar-refractivity contribution in [2.45, 2.75) is 31.7 Å². The normalized spacial score (nSPS) is 22.7. The SMILES string of the molecule is O=c1[nH]cnc(N(CC2CC2)CC2CCCN2)c1Cl. The highest BCUT2D eigenvalue weighted by molar-refractivity contribution is 6.32. The van der Waals surface area contributed by atoms with E-state index in [1.807, 2.05) is 0 Å². The number of halogens is 1. The van der Waals surface area contributed by atoms with Gasteiger partial charge in [0.15, 0.2) is 5.82 Å². The van der Waals surface area contributed by atoms with Crippen LogP contribution in [0.15, 0.2) is 11.1 Å². The molecule has 2 N–H and O–H groups in total. The van der Waals surface area contributed by atoms with Crippen LogP contribution in [0.5, 0.6) is 0 Å². The Kier molecular flexibility index (Phi) is 3.75. The van der Waals surface area contributed by atoms with E-state index >= 15 is 0 Å². The van der Waals surface area contributed by atoms with E-state index in [9.17, 15) is 4.79 Å². The van der Waals surface area contributed by atoms with E-state index in [1.54, 1.807) is 0 Å². The predicted molar refractivity (Wildman–Crippen MR) is 75.8 cm³/mol. The summed E-state index contributed by atoms with van der Waals surface area (Å²) in [4.78, 5) is 20.6. The van der Waals surface area contributed by atoms with E-state index in [1.165, 1.54) is 32.0 Å². The number of anilines is 1. The van der Waals surface area contributed by atoms with Crippen molar-refractivity contribution in [2.75, 3.05) is 24.5 Å². The zero-order valence-corrected chi connectivity index (χ0v) is 11.6. The molecule has 5 nitrogen and oxygen atoms in total. The van der Waals surface area contributed by atoms with Crippen LogP contribution in [0.1, 0.15) is 25.7 Å². The minimum absolute atomic E-state index is 0.209. The number of H-pyrrole nitrogens is 1. The summed E-state index contributed by atoms with van der Waals surface area (Å²) >= 11 is 6.11. The van der Waals surface area contributed by atoms with Crippen LogP contribution in [0.2, 0.25) is 5.02 Å². The highest BCUT2D eigenvalue weighted by Gasteiger charge is 2.28. The monoisotopic (exact) mass is 282 g/mol. The molecular formula is C13H19ClN4O. The number of nitrogens with zero attached hydrogens (tertiary/aromatic N) is 2. The molecule has 1 aliphatic carbocycles. The first-order chi connectivity index (χ1) is 9.24. The van der Waals surface area contributed by atoms with Gasteiger partial charge in [0, 0.05) is 19.1 Å². The second-order valence-corrected chi connectivity index (χ2v) is 5.89. The highest BCUT2D eigenvalue weighted by atomic mass is 35.5. The third-order valence-corrected chi connectivity index (χ3v) is 4.20. The van der Waals surface area contributed by atoms with Crippen LogP contribution in [0.3, 0.4) is 0 Å². The molecule has 2 fully saturated rings. The van der Waals surface area contributed by atoms with Crippen LogP contribution >= 0.6 is 11.6 Å². The topological polar surface area (TPSA) is 61.0 Å². The van der Waals surface area contributed by atoms with E-state index in [0.717, 1.165) is 25.6 Å². The first-order valence-electron chi connectivity index (χ1n) is 6.95. The number of rotatable bonds is 5. The quantitative estimate of drug-likeness (QED) is 0.857. The van der Waals surface area contributed by atoms with Crippen molar-refractivity contribution in [3.05, 3.63) is 21.7 Å². The lowest BCUT2D eigenvalue weighted by Crippen LogP contribution is -2.39. The van der Waals surface area contributed by atoms with E-state index in [-0.39, 0.29) is 10.6 Å². The maximum Gasteiger partial charge on any atom is 0.271 e. The Balaban J connectivity index is 1.80. The fraction of sp³-hybridized carbons (Fsp3) is 0.692. The summed E-state index contributed by atoms with van der Waals surface area (Å²) in [5.41, 5.74) is -0.258. The molecule has 0 amide bonds. The first kappa shape index (κ1) is 12.9. The smallest absolute Gasteiger partial charge is 0.271 e. The molecule has 1 unspecified atom stereocenters. The summed E-state index contributed by atoms with van der Waals surface area (Å²) in [6, 6.07) is 0.482. The Morgan fingerprint density at radius 2 is 2.21 bits per heavy atom. The lowest BCUT2D eigenvalue weighted by Gasteiger charge is -2.27. The molecule has 0 bridgehead atoms. The van der Waals surface area contributed by atoms with Crippen LogP contribution in [0, 0.1) is 5.92 Å². The summed E-state index contributed by atoms with van der Waals surface area (Å²) in [5.74, 6) is 1.37. The highest BCUT2D eigenvalue weighted by Crippen LogP contribution is 2.32. The van der Waals surface area contributed by atoms with Crippen molar-refractivity contribution >= 4 is 17.4 Å². The van der Waals surface area contributed by atoms with Crippen LogP contribution in [0.25, 0.3) is 0 Å². The lowest BCUT2D eigenvalue weighted by atomic mass is 10.2. The summed E-state index contributed by atoms with van der Waals surface area (Å²) in [6.45, 7) is 2.92. The Labute approximate surface area is 117 Å². The van der Waals surface area contributed by atoms with Crippen molar-refractivity contribution in [3.63, 3.8) is 0 Å². The largest absolute Gasteiger partial charge is 0.353 e. The van der Waals surface area contributed by atoms with E-state index in [4.69, 9.17) is 11.6 Å². The Morgan fingerprint density at radius 1 is 1.37 bits per heavy atom. The number of hydrogen-bond donors (Lipinski definition) is 2. The van der Waals surface area contributed by atoms with E-state index in [2.05, 4.69) is 20.2 Å². The van der Waals surface area contributed by atoms with Gasteiger partial charge in [-0.1, -0.05) is 11.6 Å². The molecule has 1 aromatic heterocycles. The lowest BCUT2D eigenvalue weighted by molar-refractivity contribution is 0.566. The van der Waals surface area contributed by atoms with Crippen molar-refractivity contribution in [2.24, 2.45) is 5.92 Å². The molecule has 19 heavy (non-hydrogen) atoms. The second kappa shape index (κ2) is 5.51. The molecule has 1 aliphatic heterocycles. The van der Waals surface area contributed by atoms with Crippen molar-refractivity contribution < 1.29 is 0 Å². The summed E-state index contributed by atoms with van der Waals surface area (Å²) < 4.78 is 0. The number of nitrogens with one attached hydrogen (secondary N) is 2. The third-order valence-electron chi connectivity index (χ3n) is 3.86. The van der Waals surface area contributed by atoms with Gasteiger partial charge in [-0.05, 0) is 38.1 Å². The van der Waals surface area contributed by atoms with Crippen LogP contribution < -0.4 is 15.8 Å². The van der Waals surface area contributed by atoms with E-state index in [0.29, 0.717) is 11.9 Å². The molecule has 1 atom stereocenters. The molecule has 3 rings (SSSR count). The average molecular weight is 283 g/mol. The summed E-state index contributed by atoms with van der Waals surface area (Å²) in [7, 11) is 0. The minimum atomic E-state index is -0.258. The van der Waals surface area contributed by atoms with Crippen LogP contribution in [-0.4, -0.2) is 35.6 Å². The van der Waals surface area contributed by atoms with Gasteiger partial charge in [-0.15, -0.1) is 0 Å². The van der Waals surface area contributed by atoms with Gasteiger partial charge in [-0.25, -0.2) is 4.98 Å². The van der Waals surface area contributed by atoms with Gasteiger partial charge in [0.05, 0.1) is 6.33 Å².